The molecule has 1 aliphatic heterocycles. The third kappa shape index (κ3) is 3.55. The molecule has 118 valence electrons. The molecule has 6 heteroatoms. The van der Waals surface area contributed by atoms with Crippen molar-refractivity contribution in [2.24, 2.45) is 5.92 Å². The van der Waals surface area contributed by atoms with Crippen molar-refractivity contribution in [2.45, 2.75) is 44.6 Å². The molecule has 4 nitrogen and oxygen atoms in total. The second kappa shape index (κ2) is 7.03. The minimum absolute atomic E-state index is 0.0208. The Hall–Kier alpha value is -0.720. The highest BCUT2D eigenvalue weighted by atomic mass is 32.2. The van der Waals surface area contributed by atoms with E-state index in [-0.39, 0.29) is 23.4 Å². The summed E-state index contributed by atoms with van der Waals surface area (Å²) in [6.07, 6.45) is 2.57. The molecule has 1 aromatic rings. The van der Waals surface area contributed by atoms with E-state index in [1.54, 1.807) is 17.6 Å². The summed E-state index contributed by atoms with van der Waals surface area (Å²) < 4.78 is 11.7. The van der Waals surface area contributed by atoms with Crippen molar-refractivity contribution in [1.29, 1.82) is 0 Å². The fourth-order valence-electron chi connectivity index (χ4n) is 2.56. The second-order valence-electron chi connectivity index (χ2n) is 5.79. The smallest absolute Gasteiger partial charge is 0.241 e. The normalized spacial score (nSPS) is 26.9. The van der Waals surface area contributed by atoms with E-state index in [1.807, 2.05) is 17.2 Å². The summed E-state index contributed by atoms with van der Waals surface area (Å²) in [5.74, 6) is 0.434. The SMILES string of the molecule is CCC(C)C1NC(c2ccsc2)N(CC(C)S(C)=O)C1=O. The van der Waals surface area contributed by atoms with Crippen LogP contribution in [0.3, 0.4) is 0 Å². The van der Waals surface area contributed by atoms with Gasteiger partial charge in [-0.3, -0.25) is 14.3 Å². The molecule has 1 aromatic heterocycles. The van der Waals surface area contributed by atoms with Crippen LogP contribution in [0.5, 0.6) is 0 Å². The zero-order valence-electron chi connectivity index (χ0n) is 13.0. The molecule has 21 heavy (non-hydrogen) atoms. The molecule has 1 saturated heterocycles. The molecule has 1 aliphatic rings. The molecule has 0 aliphatic carbocycles. The zero-order chi connectivity index (χ0) is 15.6. The Morgan fingerprint density at radius 1 is 1.48 bits per heavy atom. The quantitative estimate of drug-likeness (QED) is 0.872. The fourth-order valence-corrected chi connectivity index (χ4v) is 3.61. The standard InChI is InChI=1S/C15H24N2O2S2/c1-5-10(2)13-15(18)17(8-11(3)21(4)19)14(16-13)12-6-7-20-9-12/h6-7,9-11,13-14,16H,5,8H2,1-4H3. The first kappa shape index (κ1) is 16.6. The molecule has 2 rings (SSSR count). The maximum Gasteiger partial charge on any atom is 0.241 e. The van der Waals surface area contributed by atoms with Gasteiger partial charge in [0.25, 0.3) is 0 Å². The summed E-state index contributed by atoms with van der Waals surface area (Å²) in [5, 5.41) is 7.55. The van der Waals surface area contributed by atoms with E-state index in [9.17, 15) is 9.00 Å². The summed E-state index contributed by atoms with van der Waals surface area (Å²) in [5.41, 5.74) is 1.12. The lowest BCUT2D eigenvalue weighted by atomic mass is 9.99. The maximum atomic E-state index is 12.7. The van der Waals surface area contributed by atoms with Crippen molar-refractivity contribution in [3.8, 4) is 0 Å². The molecule has 0 aromatic carbocycles. The van der Waals surface area contributed by atoms with Crippen LogP contribution < -0.4 is 5.32 Å². The van der Waals surface area contributed by atoms with Gasteiger partial charge in [-0.05, 0) is 35.2 Å². The Kier molecular flexibility index (Phi) is 5.57. The number of carbonyl (C=O) groups excluding carboxylic acids is 1. The van der Waals surface area contributed by atoms with Crippen LogP contribution in [0.1, 0.15) is 38.9 Å². The van der Waals surface area contributed by atoms with E-state index in [0.717, 1.165) is 12.0 Å². The maximum absolute atomic E-state index is 12.7. The fraction of sp³-hybridized carbons (Fsp3) is 0.667. The van der Waals surface area contributed by atoms with Crippen molar-refractivity contribution in [3.63, 3.8) is 0 Å². The van der Waals surface area contributed by atoms with Gasteiger partial charge in [-0.2, -0.15) is 11.3 Å². The number of amides is 1. The van der Waals surface area contributed by atoms with Gasteiger partial charge in [0.15, 0.2) is 0 Å². The van der Waals surface area contributed by atoms with Crippen LogP contribution in [0.2, 0.25) is 0 Å². The topological polar surface area (TPSA) is 49.4 Å². The summed E-state index contributed by atoms with van der Waals surface area (Å²) >= 11 is 1.63. The molecule has 0 bridgehead atoms. The van der Waals surface area contributed by atoms with E-state index < -0.39 is 10.8 Å². The molecular weight excluding hydrogens is 304 g/mol. The zero-order valence-corrected chi connectivity index (χ0v) is 14.7. The molecule has 2 heterocycles. The lowest BCUT2D eigenvalue weighted by Gasteiger charge is -2.26. The average Bonchev–Trinajstić information content (AvgIpc) is 3.07. The van der Waals surface area contributed by atoms with E-state index >= 15 is 0 Å². The van der Waals surface area contributed by atoms with Crippen LogP contribution in [0.25, 0.3) is 0 Å². The predicted molar refractivity (Wildman–Crippen MR) is 88.7 cm³/mol. The molecule has 5 atom stereocenters. The third-order valence-corrected chi connectivity index (χ3v) is 6.27. The van der Waals surface area contributed by atoms with Crippen molar-refractivity contribution in [2.75, 3.05) is 12.8 Å². The first-order chi connectivity index (χ1) is 9.95. The predicted octanol–water partition coefficient (Wildman–Crippen LogP) is 2.36. The lowest BCUT2D eigenvalue weighted by molar-refractivity contribution is -0.130. The number of nitrogens with one attached hydrogen (secondary N) is 1. The van der Waals surface area contributed by atoms with Crippen molar-refractivity contribution >= 4 is 28.0 Å². The summed E-state index contributed by atoms with van der Waals surface area (Å²) in [6.45, 7) is 6.67. The first-order valence-corrected chi connectivity index (χ1v) is 9.93. The average molecular weight is 329 g/mol. The molecule has 1 amide bonds. The Morgan fingerprint density at radius 3 is 2.71 bits per heavy atom. The second-order valence-corrected chi connectivity index (χ2v) is 8.37. The molecule has 1 fully saturated rings. The van der Waals surface area contributed by atoms with E-state index in [2.05, 4.69) is 30.6 Å². The van der Waals surface area contributed by atoms with Crippen LogP contribution in [0, 0.1) is 5.92 Å². The summed E-state index contributed by atoms with van der Waals surface area (Å²) in [4.78, 5) is 14.6. The molecular formula is C15H24N2O2S2. The number of thiophene rings is 1. The van der Waals surface area contributed by atoms with Crippen LogP contribution in [0.15, 0.2) is 16.8 Å². The Bertz CT molecular complexity index is 504. The van der Waals surface area contributed by atoms with Crippen LogP contribution in [-0.4, -0.2) is 39.1 Å². The van der Waals surface area contributed by atoms with Gasteiger partial charge >= 0.3 is 0 Å². The Balaban J connectivity index is 2.23. The highest BCUT2D eigenvalue weighted by Gasteiger charge is 2.42. The molecule has 0 saturated carbocycles. The minimum Gasteiger partial charge on any atom is -0.320 e. The van der Waals surface area contributed by atoms with Gasteiger partial charge in [0, 0.05) is 28.9 Å². The number of hydrogen-bond acceptors (Lipinski definition) is 4. The van der Waals surface area contributed by atoms with Crippen LogP contribution >= 0.6 is 11.3 Å². The van der Waals surface area contributed by atoms with Crippen LogP contribution in [-0.2, 0) is 15.6 Å². The van der Waals surface area contributed by atoms with Gasteiger partial charge in [0.05, 0.1) is 6.04 Å². The van der Waals surface area contributed by atoms with E-state index in [0.29, 0.717) is 12.5 Å². The highest BCUT2D eigenvalue weighted by molar-refractivity contribution is 7.84. The number of hydrogen-bond donors (Lipinski definition) is 1. The van der Waals surface area contributed by atoms with E-state index in [4.69, 9.17) is 0 Å². The summed E-state index contributed by atoms with van der Waals surface area (Å²) in [6, 6.07) is 1.91. The monoisotopic (exact) mass is 328 g/mol. The summed E-state index contributed by atoms with van der Waals surface area (Å²) in [7, 11) is -0.926. The first-order valence-electron chi connectivity index (χ1n) is 7.36. The van der Waals surface area contributed by atoms with Gasteiger partial charge in [-0.1, -0.05) is 20.3 Å². The van der Waals surface area contributed by atoms with Gasteiger partial charge in [0.2, 0.25) is 5.91 Å². The lowest BCUT2D eigenvalue weighted by Crippen LogP contribution is -2.38. The van der Waals surface area contributed by atoms with Crippen molar-refractivity contribution in [1.82, 2.24) is 10.2 Å². The Labute approximate surface area is 133 Å². The molecule has 0 radical (unpaired) electrons. The number of carbonyl (C=O) groups is 1. The molecule has 0 spiro atoms. The minimum atomic E-state index is -0.926. The van der Waals surface area contributed by atoms with Gasteiger partial charge in [-0.25, -0.2) is 0 Å². The van der Waals surface area contributed by atoms with Crippen molar-refractivity contribution in [3.05, 3.63) is 22.4 Å². The molecule has 5 unspecified atom stereocenters. The largest absolute Gasteiger partial charge is 0.320 e. The Morgan fingerprint density at radius 2 is 2.19 bits per heavy atom. The number of rotatable bonds is 6. The van der Waals surface area contributed by atoms with Gasteiger partial charge in [0.1, 0.15) is 6.17 Å². The van der Waals surface area contributed by atoms with Crippen LogP contribution in [0.4, 0.5) is 0 Å². The van der Waals surface area contributed by atoms with Gasteiger partial charge in [-0.15, -0.1) is 0 Å². The van der Waals surface area contributed by atoms with E-state index in [1.165, 1.54) is 0 Å². The number of nitrogens with zero attached hydrogens (tertiary/aromatic N) is 1. The third-order valence-electron chi connectivity index (χ3n) is 4.29. The van der Waals surface area contributed by atoms with Crippen molar-refractivity contribution < 1.29 is 9.00 Å². The molecule has 1 N–H and O–H groups in total. The highest BCUT2D eigenvalue weighted by Crippen LogP contribution is 2.30. The van der Waals surface area contributed by atoms with Gasteiger partial charge < -0.3 is 4.90 Å².